The van der Waals surface area contributed by atoms with Crippen LogP contribution in [0.5, 0.6) is 0 Å². The lowest BCUT2D eigenvalue weighted by Gasteiger charge is -2.25. The molecule has 0 saturated heterocycles. The number of nitrogens with zero attached hydrogens (tertiary/aromatic N) is 2. The molecule has 4 heteroatoms. The summed E-state index contributed by atoms with van der Waals surface area (Å²) in [7, 11) is 1.71. The predicted octanol–water partition coefficient (Wildman–Crippen LogP) is 3.05. The van der Waals surface area contributed by atoms with Gasteiger partial charge in [0.05, 0.1) is 6.04 Å². The van der Waals surface area contributed by atoms with Gasteiger partial charge in [-0.15, -0.1) is 0 Å². The van der Waals surface area contributed by atoms with E-state index < -0.39 is 0 Å². The molecule has 3 nitrogen and oxygen atoms in total. The van der Waals surface area contributed by atoms with Crippen molar-refractivity contribution in [3.63, 3.8) is 0 Å². The second kappa shape index (κ2) is 5.61. The van der Waals surface area contributed by atoms with Crippen molar-refractivity contribution in [2.75, 3.05) is 7.05 Å². The Kier molecular flexibility index (Phi) is 3.90. The van der Waals surface area contributed by atoms with E-state index in [2.05, 4.69) is 4.98 Å². The van der Waals surface area contributed by atoms with Crippen molar-refractivity contribution >= 4 is 5.91 Å². The second-order valence-electron chi connectivity index (χ2n) is 4.36. The summed E-state index contributed by atoms with van der Waals surface area (Å²) in [5.41, 5.74) is 1.28. The number of carbonyl (C=O) groups is 1. The van der Waals surface area contributed by atoms with Crippen molar-refractivity contribution in [3.8, 4) is 0 Å². The zero-order valence-corrected chi connectivity index (χ0v) is 10.9. The van der Waals surface area contributed by atoms with Crippen molar-refractivity contribution in [1.29, 1.82) is 0 Å². The first-order valence-corrected chi connectivity index (χ1v) is 6.03. The van der Waals surface area contributed by atoms with E-state index >= 15 is 0 Å². The molecule has 2 aromatic rings. The molecule has 19 heavy (non-hydrogen) atoms. The Morgan fingerprint density at radius 1 is 1.21 bits per heavy atom. The molecule has 0 aliphatic heterocycles. The molecule has 0 bridgehead atoms. The number of rotatable bonds is 3. The number of hydrogen-bond acceptors (Lipinski definition) is 2. The molecular formula is C15H15FN2O. The molecule has 1 amide bonds. The third-order valence-corrected chi connectivity index (χ3v) is 3.14. The average molecular weight is 258 g/mol. The summed E-state index contributed by atoms with van der Waals surface area (Å²) in [6, 6.07) is 11.2. The minimum absolute atomic E-state index is 0.143. The Hall–Kier alpha value is -2.23. The van der Waals surface area contributed by atoms with E-state index in [1.807, 2.05) is 6.92 Å². The van der Waals surface area contributed by atoms with Crippen LogP contribution < -0.4 is 0 Å². The van der Waals surface area contributed by atoms with Crippen LogP contribution in [0.25, 0.3) is 0 Å². The van der Waals surface area contributed by atoms with Crippen molar-refractivity contribution < 1.29 is 9.18 Å². The summed E-state index contributed by atoms with van der Waals surface area (Å²) in [5.74, 6) is -0.438. The first-order chi connectivity index (χ1) is 9.09. The number of carbonyl (C=O) groups excluding carboxylic acids is 1. The number of halogens is 1. The summed E-state index contributed by atoms with van der Waals surface area (Å²) in [4.78, 5) is 17.8. The second-order valence-corrected chi connectivity index (χ2v) is 4.36. The molecule has 2 rings (SSSR count). The number of aromatic nitrogens is 1. The summed E-state index contributed by atoms with van der Waals surface area (Å²) in [5, 5.41) is 0. The number of amides is 1. The highest BCUT2D eigenvalue weighted by atomic mass is 19.1. The molecule has 98 valence electrons. The van der Waals surface area contributed by atoms with E-state index in [-0.39, 0.29) is 17.8 Å². The monoisotopic (exact) mass is 258 g/mol. The fraction of sp³-hybridized carbons (Fsp3) is 0.200. The van der Waals surface area contributed by atoms with Gasteiger partial charge in [-0.1, -0.05) is 18.2 Å². The van der Waals surface area contributed by atoms with Gasteiger partial charge in [0.1, 0.15) is 11.5 Å². The van der Waals surface area contributed by atoms with E-state index in [4.69, 9.17) is 0 Å². The SMILES string of the molecule is CC(c1ccc(F)cc1)N(C)C(=O)c1ccccn1. The zero-order chi connectivity index (χ0) is 13.8. The summed E-state index contributed by atoms with van der Waals surface area (Å²) >= 11 is 0. The molecule has 0 N–H and O–H groups in total. The highest BCUT2D eigenvalue weighted by Crippen LogP contribution is 2.20. The van der Waals surface area contributed by atoms with Crippen LogP contribution in [0, 0.1) is 5.82 Å². The molecule has 0 spiro atoms. The summed E-state index contributed by atoms with van der Waals surface area (Å²) in [6.07, 6.45) is 1.59. The van der Waals surface area contributed by atoms with Crippen LogP contribution in [-0.2, 0) is 0 Å². The van der Waals surface area contributed by atoms with Crippen LogP contribution in [0.3, 0.4) is 0 Å². The lowest BCUT2D eigenvalue weighted by atomic mass is 10.1. The smallest absolute Gasteiger partial charge is 0.272 e. The van der Waals surface area contributed by atoms with E-state index in [0.717, 1.165) is 5.56 Å². The third-order valence-electron chi connectivity index (χ3n) is 3.14. The van der Waals surface area contributed by atoms with Gasteiger partial charge in [-0.05, 0) is 36.8 Å². The van der Waals surface area contributed by atoms with Crippen LogP contribution >= 0.6 is 0 Å². The molecule has 1 aromatic heterocycles. The highest BCUT2D eigenvalue weighted by molar-refractivity contribution is 5.92. The maximum absolute atomic E-state index is 12.9. The Morgan fingerprint density at radius 3 is 2.47 bits per heavy atom. The summed E-state index contributed by atoms with van der Waals surface area (Å²) in [6.45, 7) is 1.90. The molecule has 1 atom stereocenters. The molecular weight excluding hydrogens is 243 g/mol. The third kappa shape index (κ3) is 2.96. The molecule has 0 radical (unpaired) electrons. The average Bonchev–Trinajstić information content (AvgIpc) is 2.46. The molecule has 1 aromatic carbocycles. The topological polar surface area (TPSA) is 33.2 Å². The Morgan fingerprint density at radius 2 is 1.89 bits per heavy atom. The quantitative estimate of drug-likeness (QED) is 0.847. The van der Waals surface area contributed by atoms with E-state index in [1.54, 1.807) is 48.5 Å². The number of hydrogen-bond donors (Lipinski definition) is 0. The van der Waals surface area contributed by atoms with Gasteiger partial charge in [0.25, 0.3) is 5.91 Å². The van der Waals surface area contributed by atoms with Crippen LogP contribution in [0.4, 0.5) is 4.39 Å². The van der Waals surface area contributed by atoms with Gasteiger partial charge in [-0.2, -0.15) is 0 Å². The molecule has 0 saturated carbocycles. The first-order valence-electron chi connectivity index (χ1n) is 6.03. The Labute approximate surface area is 111 Å². The van der Waals surface area contributed by atoms with Gasteiger partial charge < -0.3 is 4.90 Å². The molecule has 0 fully saturated rings. The van der Waals surface area contributed by atoms with Crippen LogP contribution in [0.2, 0.25) is 0 Å². The number of pyridine rings is 1. The zero-order valence-electron chi connectivity index (χ0n) is 10.9. The predicted molar refractivity (Wildman–Crippen MR) is 71.1 cm³/mol. The van der Waals surface area contributed by atoms with E-state index in [0.29, 0.717) is 5.69 Å². The Balaban J connectivity index is 2.17. The lowest BCUT2D eigenvalue weighted by Crippen LogP contribution is -2.30. The first kappa shape index (κ1) is 13.2. The Bertz CT molecular complexity index is 554. The van der Waals surface area contributed by atoms with Crippen molar-refractivity contribution in [3.05, 3.63) is 65.7 Å². The van der Waals surface area contributed by atoms with Gasteiger partial charge in [0.2, 0.25) is 0 Å². The van der Waals surface area contributed by atoms with Gasteiger partial charge in [0.15, 0.2) is 0 Å². The molecule has 0 aliphatic carbocycles. The molecule has 0 aliphatic rings. The number of benzene rings is 1. The maximum Gasteiger partial charge on any atom is 0.272 e. The minimum atomic E-state index is -0.283. The van der Waals surface area contributed by atoms with Gasteiger partial charge in [-0.3, -0.25) is 9.78 Å². The lowest BCUT2D eigenvalue weighted by molar-refractivity contribution is 0.0736. The summed E-state index contributed by atoms with van der Waals surface area (Å²) < 4.78 is 12.9. The normalized spacial score (nSPS) is 11.9. The minimum Gasteiger partial charge on any atom is -0.334 e. The van der Waals surface area contributed by atoms with Crippen LogP contribution in [0.1, 0.15) is 29.0 Å². The van der Waals surface area contributed by atoms with Gasteiger partial charge >= 0.3 is 0 Å². The molecule has 1 heterocycles. The fourth-order valence-electron chi connectivity index (χ4n) is 1.81. The van der Waals surface area contributed by atoms with Gasteiger partial charge in [-0.25, -0.2) is 4.39 Å². The largest absolute Gasteiger partial charge is 0.334 e. The maximum atomic E-state index is 12.9. The standard InChI is InChI=1S/C15H15FN2O/c1-11(12-6-8-13(16)9-7-12)18(2)15(19)14-5-3-4-10-17-14/h3-11H,1-2H3. The van der Waals surface area contributed by atoms with Crippen molar-refractivity contribution in [2.45, 2.75) is 13.0 Å². The van der Waals surface area contributed by atoms with E-state index in [1.165, 1.54) is 12.1 Å². The van der Waals surface area contributed by atoms with E-state index in [9.17, 15) is 9.18 Å². The highest BCUT2D eigenvalue weighted by Gasteiger charge is 2.19. The van der Waals surface area contributed by atoms with Gasteiger partial charge in [0, 0.05) is 13.2 Å². The molecule has 1 unspecified atom stereocenters. The van der Waals surface area contributed by atoms with Crippen LogP contribution in [0.15, 0.2) is 48.7 Å². The van der Waals surface area contributed by atoms with Crippen molar-refractivity contribution in [1.82, 2.24) is 9.88 Å². The van der Waals surface area contributed by atoms with Crippen molar-refractivity contribution in [2.24, 2.45) is 0 Å². The van der Waals surface area contributed by atoms with Crippen LogP contribution in [-0.4, -0.2) is 22.8 Å². The fourth-order valence-corrected chi connectivity index (χ4v) is 1.81.